The molecule has 0 aliphatic heterocycles. The van der Waals surface area contributed by atoms with Crippen LogP contribution in [0.15, 0.2) is 16.6 Å². The number of hydrogen-bond donors (Lipinski definition) is 1. The second kappa shape index (κ2) is 5.92. The van der Waals surface area contributed by atoms with Crippen molar-refractivity contribution in [2.45, 2.75) is 45.6 Å². The highest BCUT2D eigenvalue weighted by molar-refractivity contribution is 9.10. The molecule has 1 N–H and O–H groups in total. The van der Waals surface area contributed by atoms with Gasteiger partial charge in [-0.05, 0) is 52.7 Å². The van der Waals surface area contributed by atoms with Gasteiger partial charge in [-0.3, -0.25) is 0 Å². The molecule has 2 rings (SSSR count). The quantitative estimate of drug-likeness (QED) is 0.781. The van der Waals surface area contributed by atoms with E-state index in [-0.39, 0.29) is 0 Å². The van der Waals surface area contributed by atoms with Crippen LogP contribution in [-0.2, 0) is 0 Å². The maximum atomic E-state index is 6.13. The summed E-state index contributed by atoms with van der Waals surface area (Å²) < 4.78 is 6.35. The molecule has 106 valence electrons. The van der Waals surface area contributed by atoms with Crippen LogP contribution in [0.3, 0.4) is 0 Å². The normalized spacial score (nSPS) is 22.1. The van der Waals surface area contributed by atoms with Gasteiger partial charge < -0.3 is 10.1 Å². The summed E-state index contributed by atoms with van der Waals surface area (Å²) in [5.74, 6) is 0.827. The highest BCUT2D eigenvalue weighted by Crippen LogP contribution is 2.40. The second-order valence-corrected chi connectivity index (χ2v) is 7.36. The van der Waals surface area contributed by atoms with Crippen molar-refractivity contribution >= 4 is 33.2 Å². The Kier molecular flexibility index (Phi) is 4.67. The molecule has 0 amide bonds. The molecule has 19 heavy (non-hydrogen) atoms. The summed E-state index contributed by atoms with van der Waals surface area (Å²) in [5.41, 5.74) is 1.39. The molecule has 1 atom stereocenters. The SMILES string of the molecule is COc1c(Br)cc(Cl)cc1NC1CCCC(C)(C)C1. The van der Waals surface area contributed by atoms with Crippen LogP contribution in [0.1, 0.15) is 39.5 Å². The van der Waals surface area contributed by atoms with Crippen molar-refractivity contribution in [1.82, 2.24) is 0 Å². The standard InChI is InChI=1S/C15H21BrClNO/c1-15(2)6-4-5-11(9-15)18-13-8-10(17)7-12(16)14(13)19-3/h7-8,11,18H,4-6,9H2,1-3H3. The van der Waals surface area contributed by atoms with Crippen molar-refractivity contribution in [3.63, 3.8) is 0 Å². The Hall–Kier alpha value is -0.410. The first-order chi connectivity index (χ1) is 8.91. The summed E-state index contributed by atoms with van der Waals surface area (Å²) in [7, 11) is 1.68. The Morgan fingerprint density at radius 3 is 2.79 bits per heavy atom. The minimum atomic E-state index is 0.416. The Balaban J connectivity index is 2.18. The number of halogens is 2. The molecular weight excluding hydrogens is 326 g/mol. The van der Waals surface area contributed by atoms with Crippen LogP contribution in [0.4, 0.5) is 5.69 Å². The topological polar surface area (TPSA) is 21.3 Å². The molecule has 2 nitrogen and oxygen atoms in total. The minimum absolute atomic E-state index is 0.416. The number of ether oxygens (including phenoxy) is 1. The lowest BCUT2D eigenvalue weighted by Crippen LogP contribution is -2.31. The fraction of sp³-hybridized carbons (Fsp3) is 0.600. The maximum absolute atomic E-state index is 6.13. The van der Waals surface area contributed by atoms with Gasteiger partial charge in [0.15, 0.2) is 5.75 Å². The van der Waals surface area contributed by atoms with E-state index >= 15 is 0 Å². The number of hydrogen-bond acceptors (Lipinski definition) is 2. The lowest BCUT2D eigenvalue weighted by Gasteiger charge is -2.36. The summed E-state index contributed by atoms with van der Waals surface area (Å²) in [5, 5.41) is 4.31. The van der Waals surface area contributed by atoms with E-state index in [0.29, 0.717) is 16.5 Å². The van der Waals surface area contributed by atoms with E-state index in [0.717, 1.165) is 15.9 Å². The number of rotatable bonds is 3. The average Bonchev–Trinajstić information content (AvgIpc) is 2.26. The Morgan fingerprint density at radius 1 is 1.42 bits per heavy atom. The summed E-state index contributed by atoms with van der Waals surface area (Å²) in [6, 6.07) is 4.28. The molecule has 1 aliphatic rings. The predicted octanol–water partition coefficient (Wildman–Crippen LogP) is 5.49. The van der Waals surface area contributed by atoms with Crippen LogP contribution in [0.2, 0.25) is 5.02 Å². The average molecular weight is 347 g/mol. The van der Waals surface area contributed by atoms with E-state index in [1.807, 2.05) is 12.1 Å². The Morgan fingerprint density at radius 2 is 2.16 bits per heavy atom. The molecule has 0 bridgehead atoms. The zero-order chi connectivity index (χ0) is 14.0. The van der Waals surface area contributed by atoms with E-state index in [1.165, 1.54) is 25.7 Å². The van der Waals surface area contributed by atoms with Crippen LogP contribution in [-0.4, -0.2) is 13.2 Å². The van der Waals surface area contributed by atoms with Gasteiger partial charge in [0.2, 0.25) is 0 Å². The molecule has 0 radical (unpaired) electrons. The molecule has 1 saturated carbocycles. The van der Waals surface area contributed by atoms with Crippen LogP contribution in [0.5, 0.6) is 5.75 Å². The lowest BCUT2D eigenvalue weighted by atomic mass is 9.75. The number of anilines is 1. The van der Waals surface area contributed by atoms with Crippen LogP contribution < -0.4 is 10.1 Å². The van der Waals surface area contributed by atoms with E-state index in [1.54, 1.807) is 7.11 Å². The molecule has 1 aliphatic carbocycles. The summed E-state index contributed by atoms with van der Waals surface area (Å²) in [4.78, 5) is 0. The van der Waals surface area contributed by atoms with Crippen molar-refractivity contribution in [3.05, 3.63) is 21.6 Å². The van der Waals surface area contributed by atoms with Gasteiger partial charge in [0.25, 0.3) is 0 Å². The molecule has 1 fully saturated rings. The van der Waals surface area contributed by atoms with Crippen molar-refractivity contribution < 1.29 is 4.74 Å². The molecule has 0 aromatic heterocycles. The monoisotopic (exact) mass is 345 g/mol. The molecule has 4 heteroatoms. The highest BCUT2D eigenvalue weighted by Gasteiger charge is 2.28. The first-order valence-electron chi connectivity index (χ1n) is 6.71. The molecular formula is C15H21BrClNO. The van der Waals surface area contributed by atoms with Gasteiger partial charge in [0.1, 0.15) is 0 Å². The van der Waals surface area contributed by atoms with Crippen molar-refractivity contribution in [2.75, 3.05) is 12.4 Å². The zero-order valence-electron chi connectivity index (χ0n) is 11.7. The minimum Gasteiger partial charge on any atom is -0.493 e. The van der Waals surface area contributed by atoms with E-state index in [4.69, 9.17) is 16.3 Å². The van der Waals surface area contributed by atoms with Crippen LogP contribution in [0.25, 0.3) is 0 Å². The van der Waals surface area contributed by atoms with Gasteiger partial charge in [-0.1, -0.05) is 31.9 Å². The van der Waals surface area contributed by atoms with Crippen molar-refractivity contribution in [2.24, 2.45) is 5.41 Å². The third-order valence-electron chi connectivity index (χ3n) is 3.78. The van der Waals surface area contributed by atoms with Gasteiger partial charge in [0.05, 0.1) is 17.3 Å². The van der Waals surface area contributed by atoms with Crippen LogP contribution >= 0.6 is 27.5 Å². The number of nitrogens with one attached hydrogen (secondary N) is 1. The van der Waals surface area contributed by atoms with E-state index in [2.05, 4.69) is 35.1 Å². The van der Waals surface area contributed by atoms with Gasteiger partial charge in [-0.2, -0.15) is 0 Å². The Labute approximate surface area is 129 Å². The van der Waals surface area contributed by atoms with Gasteiger partial charge in [-0.15, -0.1) is 0 Å². The van der Waals surface area contributed by atoms with Gasteiger partial charge >= 0.3 is 0 Å². The predicted molar refractivity (Wildman–Crippen MR) is 85.4 cm³/mol. The molecule has 1 unspecified atom stereocenters. The fourth-order valence-corrected chi connectivity index (χ4v) is 3.89. The number of benzene rings is 1. The van der Waals surface area contributed by atoms with E-state index in [9.17, 15) is 0 Å². The lowest BCUT2D eigenvalue weighted by molar-refractivity contribution is 0.229. The third-order valence-corrected chi connectivity index (χ3v) is 4.58. The summed E-state index contributed by atoms with van der Waals surface area (Å²) in [6.45, 7) is 4.68. The van der Waals surface area contributed by atoms with Gasteiger partial charge in [-0.25, -0.2) is 0 Å². The summed E-state index contributed by atoms with van der Waals surface area (Å²) >= 11 is 9.62. The third kappa shape index (κ3) is 3.79. The molecule has 0 heterocycles. The molecule has 1 aromatic rings. The number of methoxy groups -OCH3 is 1. The molecule has 1 aromatic carbocycles. The van der Waals surface area contributed by atoms with Crippen molar-refractivity contribution in [1.29, 1.82) is 0 Å². The van der Waals surface area contributed by atoms with Gasteiger partial charge in [0, 0.05) is 11.1 Å². The first kappa shape index (κ1) is 15.0. The second-order valence-electron chi connectivity index (χ2n) is 6.07. The zero-order valence-corrected chi connectivity index (χ0v) is 14.1. The van der Waals surface area contributed by atoms with Crippen LogP contribution in [0, 0.1) is 5.41 Å². The smallest absolute Gasteiger partial charge is 0.156 e. The van der Waals surface area contributed by atoms with E-state index < -0.39 is 0 Å². The maximum Gasteiger partial charge on any atom is 0.156 e. The molecule has 0 spiro atoms. The fourth-order valence-electron chi connectivity index (χ4n) is 2.92. The summed E-state index contributed by atoms with van der Waals surface area (Å²) in [6.07, 6.45) is 4.97. The highest BCUT2D eigenvalue weighted by atomic mass is 79.9. The first-order valence-corrected chi connectivity index (χ1v) is 7.88. The largest absolute Gasteiger partial charge is 0.493 e. The molecule has 0 saturated heterocycles. The Bertz CT molecular complexity index is 462. The van der Waals surface area contributed by atoms with Crippen molar-refractivity contribution in [3.8, 4) is 5.75 Å².